The molecule has 0 bridgehead atoms. The van der Waals surface area contributed by atoms with Crippen LogP contribution in [0.5, 0.6) is 0 Å². The van der Waals surface area contributed by atoms with Gasteiger partial charge in [-0.05, 0) is 0 Å². The molecular formula is C8H10O4Sn. The first-order valence-corrected chi connectivity index (χ1v) is 3.16. The zero-order valence-electron chi connectivity index (χ0n) is 7.12. The van der Waals surface area contributed by atoms with Gasteiger partial charge in [0, 0.05) is 24.8 Å². The van der Waals surface area contributed by atoms with Gasteiger partial charge in [-0.25, -0.2) is 0 Å². The molecule has 0 aromatic carbocycles. The number of carbonyl (C=O) groups is 2. The number of aliphatic carboxylic acids is 2. The van der Waals surface area contributed by atoms with Crippen molar-refractivity contribution in [3.05, 3.63) is 25.3 Å². The molecule has 13 heavy (non-hydrogen) atoms. The van der Waals surface area contributed by atoms with Gasteiger partial charge in [-0.2, -0.15) is 0 Å². The number of carbonyl (C=O) groups excluding carboxylic acids is 2. The Labute approximate surface area is 93.9 Å². The zero-order chi connectivity index (χ0) is 9.98. The number of rotatable bonds is 4. The smallest absolute Gasteiger partial charge is 0.550 e. The fraction of sp³-hybridized carbons (Fsp3) is 0.250. The maximum absolute atomic E-state index is 9.42. The van der Waals surface area contributed by atoms with Gasteiger partial charge in [-0.15, -0.1) is 13.2 Å². The third kappa shape index (κ3) is 35.0. The van der Waals surface area contributed by atoms with Crippen LogP contribution in [0.1, 0.15) is 12.8 Å². The Balaban J connectivity index is -0.000000143. The average Bonchev–Trinajstić information content (AvgIpc) is 1.87. The van der Waals surface area contributed by atoms with E-state index in [2.05, 4.69) is 13.2 Å². The number of carboxylic acid groups (broad SMARTS) is 2. The van der Waals surface area contributed by atoms with Crippen LogP contribution in [0, 0.1) is 0 Å². The van der Waals surface area contributed by atoms with Crippen molar-refractivity contribution >= 4 is 35.8 Å². The fourth-order valence-corrected chi connectivity index (χ4v) is 0.236. The summed E-state index contributed by atoms with van der Waals surface area (Å²) in [6.45, 7) is 6.36. The van der Waals surface area contributed by atoms with Crippen molar-refractivity contribution in [3.8, 4) is 0 Å². The largest absolute Gasteiger partial charge is 2.00 e. The van der Waals surface area contributed by atoms with Gasteiger partial charge in [0.05, 0.1) is 0 Å². The quantitative estimate of drug-likeness (QED) is 0.454. The van der Waals surface area contributed by atoms with E-state index in [1.807, 2.05) is 0 Å². The van der Waals surface area contributed by atoms with E-state index in [4.69, 9.17) is 0 Å². The van der Waals surface area contributed by atoms with E-state index in [-0.39, 0.29) is 36.7 Å². The van der Waals surface area contributed by atoms with Gasteiger partial charge >= 0.3 is 23.9 Å². The molecule has 0 spiro atoms. The molecule has 2 radical (unpaired) electrons. The molecule has 0 saturated carbocycles. The number of hydrogen-bond acceptors (Lipinski definition) is 4. The molecule has 0 atom stereocenters. The molecule has 0 rings (SSSR count). The maximum atomic E-state index is 9.42. The Bertz CT molecular complexity index is 157. The third-order valence-corrected chi connectivity index (χ3v) is 0.622. The van der Waals surface area contributed by atoms with Crippen molar-refractivity contribution < 1.29 is 19.8 Å². The van der Waals surface area contributed by atoms with Crippen LogP contribution < -0.4 is 10.2 Å². The molecule has 4 nitrogen and oxygen atoms in total. The monoisotopic (exact) mass is 290 g/mol. The summed E-state index contributed by atoms with van der Waals surface area (Å²) in [5, 5.41) is 18.8. The van der Waals surface area contributed by atoms with E-state index in [9.17, 15) is 19.8 Å². The van der Waals surface area contributed by atoms with E-state index in [1.54, 1.807) is 0 Å². The second-order valence-electron chi connectivity index (χ2n) is 1.73. The van der Waals surface area contributed by atoms with E-state index < -0.39 is 11.9 Å². The molecule has 0 amide bonds. The van der Waals surface area contributed by atoms with Crippen LogP contribution in [0.4, 0.5) is 0 Å². The molecule has 0 unspecified atom stereocenters. The molecule has 0 saturated heterocycles. The van der Waals surface area contributed by atoms with Crippen LogP contribution in [0.3, 0.4) is 0 Å². The molecule has 0 fully saturated rings. The van der Waals surface area contributed by atoms with Crippen molar-refractivity contribution in [2.45, 2.75) is 12.8 Å². The van der Waals surface area contributed by atoms with Crippen LogP contribution in [-0.2, 0) is 9.59 Å². The molecule has 0 aliphatic heterocycles. The zero-order valence-corrected chi connectivity index (χ0v) is 9.97. The molecule has 70 valence electrons. The van der Waals surface area contributed by atoms with Crippen LogP contribution in [-0.4, -0.2) is 35.8 Å². The molecule has 0 N–H and O–H groups in total. The molecule has 5 heteroatoms. The number of hydrogen-bond donors (Lipinski definition) is 0. The Hall–Kier alpha value is -0.781. The van der Waals surface area contributed by atoms with E-state index >= 15 is 0 Å². The fourth-order valence-electron chi connectivity index (χ4n) is 0.236. The Morgan fingerprint density at radius 2 is 1.23 bits per heavy atom. The maximum Gasteiger partial charge on any atom is 2.00 e. The Morgan fingerprint density at radius 3 is 1.23 bits per heavy atom. The van der Waals surface area contributed by atoms with E-state index in [0.29, 0.717) is 0 Å². The van der Waals surface area contributed by atoms with Gasteiger partial charge in [0.25, 0.3) is 0 Å². The molecule has 0 aromatic heterocycles. The summed E-state index contributed by atoms with van der Waals surface area (Å²) in [7, 11) is 0. The summed E-state index contributed by atoms with van der Waals surface area (Å²) in [5.74, 6) is -2.16. The van der Waals surface area contributed by atoms with Crippen molar-refractivity contribution in [3.63, 3.8) is 0 Å². The van der Waals surface area contributed by atoms with E-state index in [1.165, 1.54) is 12.2 Å². The van der Waals surface area contributed by atoms with Gasteiger partial charge < -0.3 is 19.8 Å². The van der Waals surface area contributed by atoms with Crippen LogP contribution in [0.15, 0.2) is 25.3 Å². The minimum absolute atomic E-state index is 0. The summed E-state index contributed by atoms with van der Waals surface area (Å²) in [6.07, 6.45) is 2.46. The topological polar surface area (TPSA) is 80.3 Å². The van der Waals surface area contributed by atoms with Crippen molar-refractivity contribution in [2.75, 3.05) is 0 Å². The second kappa shape index (κ2) is 13.8. The van der Waals surface area contributed by atoms with Gasteiger partial charge in [0.1, 0.15) is 0 Å². The average molecular weight is 289 g/mol. The van der Waals surface area contributed by atoms with Gasteiger partial charge in [0.15, 0.2) is 0 Å². The summed E-state index contributed by atoms with van der Waals surface area (Å²) < 4.78 is 0. The third-order valence-electron chi connectivity index (χ3n) is 0.622. The summed E-state index contributed by atoms with van der Waals surface area (Å²) >= 11 is 0. The second-order valence-corrected chi connectivity index (χ2v) is 1.73. The first-order valence-electron chi connectivity index (χ1n) is 3.16. The first-order chi connectivity index (χ1) is 5.54. The van der Waals surface area contributed by atoms with E-state index in [0.717, 1.165) is 0 Å². The molecule has 0 heterocycles. The van der Waals surface area contributed by atoms with Crippen LogP contribution in [0.25, 0.3) is 0 Å². The number of carboxylic acids is 2. The molecule has 0 aliphatic rings. The predicted molar refractivity (Wildman–Crippen MR) is 45.4 cm³/mol. The van der Waals surface area contributed by atoms with Gasteiger partial charge in [-0.3, -0.25) is 0 Å². The standard InChI is InChI=1S/2C4H6O2.Sn/c2*1-2-3-4(5)6;/h2*2H,1,3H2,(H,5,6);/q;;+2/p-2. The van der Waals surface area contributed by atoms with Crippen LogP contribution >= 0.6 is 0 Å². The van der Waals surface area contributed by atoms with Crippen LogP contribution in [0.2, 0.25) is 0 Å². The Morgan fingerprint density at radius 1 is 1.00 bits per heavy atom. The molecule has 0 aliphatic carbocycles. The predicted octanol–water partition coefficient (Wildman–Crippen LogP) is -1.76. The normalized spacial score (nSPS) is 6.77. The van der Waals surface area contributed by atoms with Gasteiger partial charge in [-0.1, -0.05) is 12.2 Å². The summed E-state index contributed by atoms with van der Waals surface area (Å²) in [5.41, 5.74) is 0. The minimum Gasteiger partial charge on any atom is -0.550 e. The van der Waals surface area contributed by atoms with Crippen molar-refractivity contribution in [1.82, 2.24) is 0 Å². The van der Waals surface area contributed by atoms with Gasteiger partial charge in [0.2, 0.25) is 0 Å². The Kier molecular flexibility index (Phi) is 19.2. The first kappa shape index (κ1) is 18.1. The van der Waals surface area contributed by atoms with Crippen molar-refractivity contribution in [1.29, 1.82) is 0 Å². The molecule has 0 aromatic rings. The SMILES string of the molecule is C=CCC(=O)[O-].C=CCC(=O)[O-].[Sn+2]. The summed E-state index contributed by atoms with van der Waals surface area (Å²) in [4.78, 5) is 18.8. The minimum atomic E-state index is -1.08. The van der Waals surface area contributed by atoms with Crippen molar-refractivity contribution in [2.24, 2.45) is 0 Å². The molecular weight excluding hydrogens is 279 g/mol. The summed E-state index contributed by atoms with van der Waals surface area (Å²) in [6, 6.07) is 0.